The topological polar surface area (TPSA) is 24.9 Å². The molecule has 0 saturated carbocycles. The summed E-state index contributed by atoms with van der Waals surface area (Å²) in [6.45, 7) is 8.69. The average molecular weight is 282 g/mol. The molecule has 112 valence electrons. The minimum absolute atomic E-state index is 0.984. The Hall–Kier alpha value is -1.41. The van der Waals surface area contributed by atoms with Gasteiger partial charge >= 0.3 is 0 Å². The molecule has 0 saturated heterocycles. The second-order valence-electron chi connectivity index (χ2n) is 6.30. The largest absolute Gasteiger partial charge is 0.313 e. The number of hydrogen-bond acceptors (Lipinski definition) is 2. The van der Waals surface area contributed by atoms with Crippen LogP contribution in [0.3, 0.4) is 0 Å². The zero-order chi connectivity index (χ0) is 14.8. The molecule has 0 aliphatic heterocycles. The van der Waals surface area contributed by atoms with E-state index in [-0.39, 0.29) is 0 Å². The smallest absolute Gasteiger partial charge is 0.0740 e. The molecule has 2 heteroatoms. The highest BCUT2D eigenvalue weighted by molar-refractivity contribution is 5.87. The average Bonchev–Trinajstić information content (AvgIpc) is 2.51. The fourth-order valence-corrected chi connectivity index (χ4v) is 3.42. The molecule has 0 spiro atoms. The molecule has 21 heavy (non-hydrogen) atoms. The summed E-state index contributed by atoms with van der Waals surface area (Å²) in [5.41, 5.74) is 8.31. The molecule has 2 aromatic rings. The number of nitrogens with one attached hydrogen (secondary N) is 1. The van der Waals surface area contributed by atoms with E-state index in [1.807, 2.05) is 0 Å². The highest BCUT2D eigenvalue weighted by Crippen LogP contribution is 2.31. The standard InChI is InChI=1S/C19H26N2/c1-4-11-20-12-17-15-7-5-6-8-18(15)21-19-14(3)13(2)9-10-16(17)19/h9-10,20H,4-8,11-12H2,1-3H3. The fourth-order valence-electron chi connectivity index (χ4n) is 3.42. The molecule has 0 unspecified atom stereocenters. The van der Waals surface area contributed by atoms with E-state index in [0.29, 0.717) is 0 Å². The van der Waals surface area contributed by atoms with Gasteiger partial charge in [0.25, 0.3) is 0 Å². The summed E-state index contributed by atoms with van der Waals surface area (Å²) < 4.78 is 0. The molecule has 1 aromatic carbocycles. The van der Waals surface area contributed by atoms with Gasteiger partial charge < -0.3 is 5.32 Å². The van der Waals surface area contributed by atoms with Crippen molar-refractivity contribution in [1.82, 2.24) is 10.3 Å². The Morgan fingerprint density at radius 2 is 1.95 bits per heavy atom. The van der Waals surface area contributed by atoms with Crippen molar-refractivity contribution in [3.05, 3.63) is 40.1 Å². The Bertz CT molecular complexity index is 658. The first-order chi connectivity index (χ1) is 10.2. The van der Waals surface area contributed by atoms with E-state index >= 15 is 0 Å². The van der Waals surface area contributed by atoms with E-state index in [4.69, 9.17) is 4.98 Å². The molecule has 2 nitrogen and oxygen atoms in total. The maximum absolute atomic E-state index is 5.04. The first-order valence-electron chi connectivity index (χ1n) is 8.33. The lowest BCUT2D eigenvalue weighted by molar-refractivity contribution is 0.640. The van der Waals surface area contributed by atoms with Crippen LogP contribution >= 0.6 is 0 Å². The number of aryl methyl sites for hydroxylation is 3. The van der Waals surface area contributed by atoms with Crippen LogP contribution in [0, 0.1) is 13.8 Å². The first-order valence-corrected chi connectivity index (χ1v) is 8.33. The quantitative estimate of drug-likeness (QED) is 0.849. The predicted octanol–water partition coefficient (Wildman–Crippen LogP) is 4.23. The third kappa shape index (κ3) is 2.69. The summed E-state index contributed by atoms with van der Waals surface area (Å²) in [6, 6.07) is 4.53. The number of fused-ring (bicyclic) bond motifs is 2. The number of nitrogens with zero attached hydrogens (tertiary/aromatic N) is 1. The molecular weight excluding hydrogens is 256 g/mol. The van der Waals surface area contributed by atoms with Crippen LogP contribution in [-0.4, -0.2) is 11.5 Å². The molecule has 1 aliphatic carbocycles. The lowest BCUT2D eigenvalue weighted by Crippen LogP contribution is -2.18. The van der Waals surface area contributed by atoms with Crippen LogP contribution < -0.4 is 5.32 Å². The van der Waals surface area contributed by atoms with Gasteiger partial charge in [-0.1, -0.05) is 19.1 Å². The Labute approximate surface area is 128 Å². The molecule has 1 aliphatic rings. The SMILES string of the molecule is CCCNCc1c2c(nc3c(C)c(C)ccc13)CCCC2. The van der Waals surface area contributed by atoms with E-state index in [9.17, 15) is 0 Å². The van der Waals surface area contributed by atoms with E-state index in [1.54, 1.807) is 0 Å². The number of aromatic nitrogens is 1. The monoisotopic (exact) mass is 282 g/mol. The van der Waals surface area contributed by atoms with Crippen molar-refractivity contribution < 1.29 is 0 Å². The van der Waals surface area contributed by atoms with Gasteiger partial charge in [-0.3, -0.25) is 4.98 Å². The van der Waals surface area contributed by atoms with Crippen molar-refractivity contribution >= 4 is 10.9 Å². The van der Waals surface area contributed by atoms with Gasteiger partial charge in [0.1, 0.15) is 0 Å². The summed E-state index contributed by atoms with van der Waals surface area (Å²) >= 11 is 0. The van der Waals surface area contributed by atoms with Crippen LogP contribution in [0.2, 0.25) is 0 Å². The number of benzene rings is 1. The second-order valence-corrected chi connectivity index (χ2v) is 6.30. The predicted molar refractivity (Wildman–Crippen MR) is 89.9 cm³/mol. The Balaban J connectivity index is 2.17. The lowest BCUT2D eigenvalue weighted by Gasteiger charge is -2.22. The highest BCUT2D eigenvalue weighted by Gasteiger charge is 2.18. The summed E-state index contributed by atoms with van der Waals surface area (Å²) in [7, 11) is 0. The van der Waals surface area contributed by atoms with Gasteiger partial charge in [-0.25, -0.2) is 0 Å². The second kappa shape index (κ2) is 6.15. The van der Waals surface area contributed by atoms with Gasteiger partial charge in [0.05, 0.1) is 5.52 Å². The molecule has 1 aromatic heterocycles. The van der Waals surface area contributed by atoms with Gasteiger partial charge in [-0.2, -0.15) is 0 Å². The Morgan fingerprint density at radius 1 is 1.14 bits per heavy atom. The van der Waals surface area contributed by atoms with Crippen molar-refractivity contribution in [3.63, 3.8) is 0 Å². The van der Waals surface area contributed by atoms with Gasteiger partial charge in [0.15, 0.2) is 0 Å². The molecule has 0 radical (unpaired) electrons. The third-order valence-corrected chi connectivity index (χ3v) is 4.81. The van der Waals surface area contributed by atoms with Crippen molar-refractivity contribution in [2.45, 2.75) is 59.4 Å². The summed E-state index contributed by atoms with van der Waals surface area (Å²) in [4.78, 5) is 5.04. The highest BCUT2D eigenvalue weighted by atomic mass is 14.8. The number of rotatable bonds is 4. The van der Waals surface area contributed by atoms with Crippen LogP contribution in [-0.2, 0) is 19.4 Å². The van der Waals surface area contributed by atoms with Crippen molar-refractivity contribution in [2.75, 3.05) is 6.54 Å². The van der Waals surface area contributed by atoms with E-state index in [2.05, 4.69) is 38.2 Å². The molecule has 0 bridgehead atoms. The van der Waals surface area contributed by atoms with Gasteiger partial charge in [-0.15, -0.1) is 0 Å². The van der Waals surface area contributed by atoms with Crippen molar-refractivity contribution in [2.24, 2.45) is 0 Å². The zero-order valence-electron chi connectivity index (χ0n) is 13.6. The summed E-state index contributed by atoms with van der Waals surface area (Å²) in [6.07, 6.45) is 6.14. The van der Waals surface area contributed by atoms with Gasteiger partial charge in [0.2, 0.25) is 0 Å². The molecule has 0 amide bonds. The van der Waals surface area contributed by atoms with E-state index < -0.39 is 0 Å². The fraction of sp³-hybridized carbons (Fsp3) is 0.526. The molecule has 0 atom stereocenters. The Kier molecular flexibility index (Phi) is 4.25. The van der Waals surface area contributed by atoms with Crippen LogP contribution in [0.15, 0.2) is 12.1 Å². The lowest BCUT2D eigenvalue weighted by atomic mass is 9.88. The third-order valence-electron chi connectivity index (χ3n) is 4.81. The van der Waals surface area contributed by atoms with Crippen LogP contribution in [0.4, 0.5) is 0 Å². The molecule has 1 N–H and O–H groups in total. The minimum atomic E-state index is 0.984. The van der Waals surface area contributed by atoms with Gasteiger partial charge in [-0.05, 0) is 74.8 Å². The van der Waals surface area contributed by atoms with Crippen molar-refractivity contribution in [3.8, 4) is 0 Å². The van der Waals surface area contributed by atoms with E-state index in [0.717, 1.165) is 19.5 Å². The maximum Gasteiger partial charge on any atom is 0.0740 e. The van der Waals surface area contributed by atoms with Crippen LogP contribution in [0.1, 0.15) is 54.1 Å². The number of hydrogen-bond donors (Lipinski definition) is 1. The summed E-state index contributed by atoms with van der Waals surface area (Å²) in [5, 5.41) is 4.96. The normalized spacial score (nSPS) is 14.4. The molecule has 3 rings (SSSR count). The van der Waals surface area contributed by atoms with Crippen molar-refractivity contribution in [1.29, 1.82) is 0 Å². The molecule has 1 heterocycles. The van der Waals surface area contributed by atoms with E-state index in [1.165, 1.54) is 64.5 Å². The van der Waals surface area contributed by atoms with Crippen LogP contribution in [0.25, 0.3) is 10.9 Å². The summed E-state index contributed by atoms with van der Waals surface area (Å²) in [5.74, 6) is 0. The zero-order valence-corrected chi connectivity index (χ0v) is 13.6. The molecule has 0 fully saturated rings. The van der Waals surface area contributed by atoms with Crippen LogP contribution in [0.5, 0.6) is 0 Å². The Morgan fingerprint density at radius 3 is 2.76 bits per heavy atom. The molecular formula is C19H26N2. The van der Waals surface area contributed by atoms with Gasteiger partial charge in [0, 0.05) is 17.6 Å². The number of pyridine rings is 1. The minimum Gasteiger partial charge on any atom is -0.313 e. The maximum atomic E-state index is 5.04. The first kappa shape index (κ1) is 14.5.